The molecule has 1 aliphatic carbocycles. The summed E-state index contributed by atoms with van der Waals surface area (Å²) in [6.07, 6.45) is -2.75. The van der Waals surface area contributed by atoms with Gasteiger partial charge in [0.15, 0.2) is 5.69 Å². The van der Waals surface area contributed by atoms with Crippen molar-refractivity contribution < 1.29 is 18.0 Å². The molecule has 8 heteroatoms. The van der Waals surface area contributed by atoms with Crippen molar-refractivity contribution in [3.05, 3.63) is 22.8 Å². The highest BCUT2D eigenvalue weighted by atomic mass is 19.4. The van der Waals surface area contributed by atoms with Gasteiger partial charge in [0.25, 0.3) is 0 Å². The van der Waals surface area contributed by atoms with Gasteiger partial charge in [-0.05, 0) is 44.6 Å². The lowest BCUT2D eigenvalue weighted by molar-refractivity contribution is -0.143. The second kappa shape index (κ2) is 6.23. The van der Waals surface area contributed by atoms with Crippen LogP contribution in [0.3, 0.4) is 0 Å². The van der Waals surface area contributed by atoms with Gasteiger partial charge in [0.1, 0.15) is 5.82 Å². The smallest absolute Gasteiger partial charge is 0.342 e. The van der Waals surface area contributed by atoms with E-state index < -0.39 is 17.8 Å². The monoisotopic (exact) mass is 356 g/mol. The zero-order valence-corrected chi connectivity index (χ0v) is 14.5. The van der Waals surface area contributed by atoms with Gasteiger partial charge in [-0.3, -0.25) is 4.79 Å². The molecule has 1 aromatic rings. The van der Waals surface area contributed by atoms with Crippen LogP contribution in [-0.4, -0.2) is 40.4 Å². The number of alkyl halides is 3. The molecule has 1 amide bonds. The fourth-order valence-electron chi connectivity index (χ4n) is 3.82. The number of hydrogen-bond donors (Lipinski definition) is 1. The Labute approximate surface area is 144 Å². The summed E-state index contributed by atoms with van der Waals surface area (Å²) in [4.78, 5) is 22.3. The normalized spacial score (nSPS) is 26.6. The summed E-state index contributed by atoms with van der Waals surface area (Å²) < 4.78 is 40.0. The van der Waals surface area contributed by atoms with Gasteiger partial charge in [0, 0.05) is 30.3 Å². The van der Waals surface area contributed by atoms with E-state index in [1.54, 1.807) is 4.90 Å². The molecule has 2 atom stereocenters. The first-order chi connectivity index (χ1) is 11.6. The molecule has 1 aliphatic heterocycles. The number of nitrogens with zero attached hydrogens (tertiary/aromatic N) is 3. The zero-order valence-electron chi connectivity index (χ0n) is 14.5. The molecule has 3 rings (SSSR count). The number of fused-ring (bicyclic) bond motifs is 1. The number of rotatable bonds is 2. The van der Waals surface area contributed by atoms with Crippen molar-refractivity contribution in [2.45, 2.75) is 45.7 Å². The highest BCUT2D eigenvalue weighted by Gasteiger charge is 2.42. The van der Waals surface area contributed by atoms with Gasteiger partial charge >= 0.3 is 6.18 Å². The predicted molar refractivity (Wildman–Crippen MR) is 85.6 cm³/mol. The maximum absolute atomic E-state index is 13.3. The second-order valence-electron chi connectivity index (χ2n) is 7.51. The third-order valence-corrected chi connectivity index (χ3v) is 5.36. The highest BCUT2D eigenvalue weighted by molar-refractivity contribution is 5.80. The summed E-state index contributed by atoms with van der Waals surface area (Å²) in [6.45, 7) is 5.18. The number of aryl methyl sites for hydroxylation is 2. The molecule has 2 aliphatic rings. The Morgan fingerprint density at radius 2 is 2.12 bits per heavy atom. The number of likely N-dealkylation sites (tertiary alicyclic amines) is 1. The van der Waals surface area contributed by atoms with Crippen LogP contribution in [0.2, 0.25) is 0 Å². The fraction of sp³-hybridized carbons (Fsp3) is 0.706. The van der Waals surface area contributed by atoms with Crippen LogP contribution >= 0.6 is 0 Å². The summed E-state index contributed by atoms with van der Waals surface area (Å²) in [6, 6.07) is 0. The van der Waals surface area contributed by atoms with E-state index >= 15 is 0 Å². The number of nitrogens with two attached hydrogens (primary N) is 1. The Hall–Kier alpha value is -1.70. The maximum Gasteiger partial charge on any atom is 0.433 e. The molecule has 1 aromatic heterocycles. The molecule has 1 fully saturated rings. The topological polar surface area (TPSA) is 72.1 Å². The van der Waals surface area contributed by atoms with Gasteiger partial charge in [-0.25, -0.2) is 9.97 Å². The van der Waals surface area contributed by atoms with E-state index in [4.69, 9.17) is 5.73 Å². The van der Waals surface area contributed by atoms with Crippen LogP contribution in [-0.2, 0) is 23.8 Å². The molecule has 2 unspecified atom stereocenters. The maximum atomic E-state index is 13.3. The Bertz CT molecular complexity index is 691. The minimum atomic E-state index is -4.53. The largest absolute Gasteiger partial charge is 0.433 e. The lowest BCUT2D eigenvalue weighted by atomic mass is 9.84. The average molecular weight is 356 g/mol. The van der Waals surface area contributed by atoms with Gasteiger partial charge < -0.3 is 10.6 Å². The van der Waals surface area contributed by atoms with Crippen LogP contribution in [0.15, 0.2) is 0 Å². The van der Waals surface area contributed by atoms with E-state index in [9.17, 15) is 18.0 Å². The molecule has 25 heavy (non-hydrogen) atoms. The van der Waals surface area contributed by atoms with Gasteiger partial charge in [-0.2, -0.15) is 13.2 Å². The van der Waals surface area contributed by atoms with E-state index in [2.05, 4.69) is 9.97 Å². The van der Waals surface area contributed by atoms with Crippen LogP contribution in [0.4, 0.5) is 13.2 Å². The van der Waals surface area contributed by atoms with Crippen molar-refractivity contribution in [3.63, 3.8) is 0 Å². The molecular weight excluding hydrogens is 333 g/mol. The number of carbonyl (C=O) groups excluding carboxylic acids is 1. The molecule has 0 saturated carbocycles. The summed E-state index contributed by atoms with van der Waals surface area (Å²) in [5.41, 5.74) is 5.30. The van der Waals surface area contributed by atoms with Crippen molar-refractivity contribution in [2.24, 2.45) is 17.1 Å². The summed E-state index contributed by atoms with van der Waals surface area (Å²) in [5.74, 6) is -0.398. The second-order valence-corrected chi connectivity index (χ2v) is 7.51. The van der Waals surface area contributed by atoms with Crippen LogP contribution in [0.1, 0.15) is 42.5 Å². The number of halogens is 3. The van der Waals surface area contributed by atoms with Crippen molar-refractivity contribution in [1.29, 1.82) is 0 Å². The average Bonchev–Trinajstić information content (AvgIpc) is 2.95. The number of hydrogen-bond acceptors (Lipinski definition) is 4. The number of carbonyl (C=O) groups is 1. The van der Waals surface area contributed by atoms with E-state index in [0.29, 0.717) is 38.2 Å². The van der Waals surface area contributed by atoms with Crippen molar-refractivity contribution >= 4 is 5.91 Å². The van der Waals surface area contributed by atoms with E-state index in [0.717, 1.165) is 6.42 Å². The predicted octanol–water partition coefficient (Wildman–Crippen LogP) is 2.11. The summed E-state index contributed by atoms with van der Waals surface area (Å²) >= 11 is 0. The Balaban J connectivity index is 1.83. The first kappa shape index (κ1) is 18.1. The zero-order chi connectivity index (χ0) is 18.4. The quantitative estimate of drug-likeness (QED) is 0.881. The van der Waals surface area contributed by atoms with E-state index in [1.807, 2.05) is 6.92 Å². The van der Waals surface area contributed by atoms with E-state index in [-0.39, 0.29) is 29.1 Å². The van der Waals surface area contributed by atoms with Gasteiger partial charge in [0.05, 0.1) is 0 Å². The minimum Gasteiger partial charge on any atom is -0.342 e. The van der Waals surface area contributed by atoms with Crippen LogP contribution in [0.25, 0.3) is 0 Å². The van der Waals surface area contributed by atoms with Gasteiger partial charge in [0.2, 0.25) is 5.91 Å². The number of amides is 1. The highest BCUT2D eigenvalue weighted by Crippen LogP contribution is 2.37. The molecule has 138 valence electrons. The molecule has 1 saturated heterocycles. The molecule has 0 radical (unpaired) electrons. The van der Waals surface area contributed by atoms with Gasteiger partial charge in [-0.15, -0.1) is 0 Å². The summed E-state index contributed by atoms with van der Waals surface area (Å²) in [7, 11) is 0. The molecule has 0 spiro atoms. The molecule has 2 N–H and O–H groups in total. The van der Waals surface area contributed by atoms with E-state index in [1.165, 1.54) is 6.92 Å². The first-order valence-electron chi connectivity index (χ1n) is 8.55. The Kier molecular flexibility index (Phi) is 4.51. The third kappa shape index (κ3) is 3.49. The van der Waals surface area contributed by atoms with Crippen LogP contribution < -0.4 is 5.73 Å². The molecule has 5 nitrogen and oxygen atoms in total. The molecule has 2 heterocycles. The minimum absolute atomic E-state index is 0.0547. The Morgan fingerprint density at radius 3 is 2.72 bits per heavy atom. The standard InChI is InChI=1S/C17H23F3N4O/c1-10-22-13-4-3-11(7-12(13)14(23-10)17(18,19)20)15(25)24-6-5-16(2,8-21)9-24/h11H,3-9,21H2,1-2H3. The molecule has 0 bridgehead atoms. The number of aromatic nitrogens is 2. The Morgan fingerprint density at radius 1 is 1.40 bits per heavy atom. The van der Waals surface area contributed by atoms with Crippen molar-refractivity contribution in [3.8, 4) is 0 Å². The van der Waals surface area contributed by atoms with Crippen LogP contribution in [0, 0.1) is 18.3 Å². The summed E-state index contributed by atoms with van der Waals surface area (Å²) in [5, 5.41) is 0. The third-order valence-electron chi connectivity index (χ3n) is 5.36. The lowest BCUT2D eigenvalue weighted by Gasteiger charge is -2.30. The lowest BCUT2D eigenvalue weighted by Crippen LogP contribution is -2.40. The van der Waals surface area contributed by atoms with Gasteiger partial charge in [-0.1, -0.05) is 6.92 Å². The SMILES string of the molecule is Cc1nc2c(c(C(F)(F)F)n1)CC(C(=O)N1CCC(C)(CN)C1)CC2. The first-order valence-corrected chi connectivity index (χ1v) is 8.55. The molecular formula is C17H23F3N4O. The van der Waals surface area contributed by atoms with Crippen LogP contribution in [0.5, 0.6) is 0 Å². The molecule has 0 aromatic carbocycles. The van der Waals surface area contributed by atoms with Crippen molar-refractivity contribution in [2.75, 3.05) is 19.6 Å². The van der Waals surface area contributed by atoms with Crippen molar-refractivity contribution in [1.82, 2.24) is 14.9 Å². The fourth-order valence-corrected chi connectivity index (χ4v) is 3.82.